The van der Waals surface area contributed by atoms with E-state index in [1.165, 1.54) is 21.6 Å². The van der Waals surface area contributed by atoms with Gasteiger partial charge in [-0.05, 0) is 79.9 Å². The third kappa shape index (κ3) is 5.46. The lowest BCUT2D eigenvalue weighted by Gasteiger charge is -2.32. The number of piperazine rings is 1. The molecule has 1 aliphatic heterocycles. The minimum atomic E-state index is 0.268. The van der Waals surface area contributed by atoms with E-state index in [1.807, 2.05) is 18.3 Å². The fourth-order valence-electron chi connectivity index (χ4n) is 5.29. The number of hydrogen-bond acceptors (Lipinski definition) is 5. The van der Waals surface area contributed by atoms with Gasteiger partial charge in [-0.2, -0.15) is 0 Å². The van der Waals surface area contributed by atoms with Gasteiger partial charge in [0, 0.05) is 66.0 Å². The predicted molar refractivity (Wildman–Crippen MR) is 162 cm³/mol. The number of aromatic hydroxyl groups is 1. The number of benzene rings is 3. The predicted octanol–water partition coefficient (Wildman–Crippen LogP) is 7.00. The first-order valence-corrected chi connectivity index (χ1v) is 14.3. The highest BCUT2D eigenvalue weighted by atomic mass is 32.2. The van der Waals surface area contributed by atoms with Crippen LogP contribution in [0.5, 0.6) is 5.75 Å². The molecule has 0 spiro atoms. The normalized spacial score (nSPS) is 14.7. The number of hydrogen-bond donors (Lipinski definition) is 1. The highest BCUT2D eigenvalue weighted by Crippen LogP contribution is 2.40. The molecule has 5 nitrogen and oxygen atoms in total. The zero-order valence-corrected chi connectivity index (χ0v) is 23.6. The fraction of sp³-hybridized carbons (Fsp3) is 0.242. The van der Waals surface area contributed by atoms with E-state index in [0.717, 1.165) is 66.1 Å². The highest BCUT2D eigenvalue weighted by Gasteiger charge is 2.19. The van der Waals surface area contributed by atoms with Crippen molar-refractivity contribution in [2.24, 2.45) is 0 Å². The van der Waals surface area contributed by atoms with Crippen molar-refractivity contribution in [2.75, 3.05) is 33.2 Å². The van der Waals surface area contributed by atoms with Crippen molar-refractivity contribution >= 4 is 23.0 Å². The van der Waals surface area contributed by atoms with Crippen LogP contribution in [0.2, 0.25) is 0 Å². The Balaban J connectivity index is 1.36. The Labute approximate surface area is 234 Å². The molecule has 0 saturated carbocycles. The average molecular weight is 535 g/mol. The zero-order chi connectivity index (χ0) is 26.9. The molecule has 39 heavy (non-hydrogen) atoms. The van der Waals surface area contributed by atoms with Gasteiger partial charge >= 0.3 is 0 Å². The molecule has 198 valence electrons. The van der Waals surface area contributed by atoms with Crippen LogP contribution in [-0.4, -0.2) is 57.1 Å². The van der Waals surface area contributed by atoms with Gasteiger partial charge in [0.25, 0.3) is 0 Å². The Morgan fingerprint density at radius 1 is 0.795 bits per heavy atom. The van der Waals surface area contributed by atoms with Crippen molar-refractivity contribution in [2.45, 2.75) is 25.3 Å². The largest absolute Gasteiger partial charge is 0.508 e. The van der Waals surface area contributed by atoms with Crippen molar-refractivity contribution in [1.82, 2.24) is 18.8 Å². The molecule has 1 fully saturated rings. The molecule has 0 bridgehead atoms. The van der Waals surface area contributed by atoms with Crippen LogP contribution in [-0.2, 0) is 6.54 Å². The second-order valence-corrected chi connectivity index (χ2v) is 11.6. The van der Waals surface area contributed by atoms with Crippen LogP contribution >= 0.6 is 11.9 Å². The second-order valence-electron chi connectivity index (χ2n) is 10.6. The molecule has 5 aromatic rings. The van der Waals surface area contributed by atoms with E-state index >= 15 is 0 Å². The standard InChI is InChI=1S/C33H34N4OS/c1-23-4-14-30(15-5-23)39-37-24(2)32(27-10-12-29(38)13-11-27)31-20-28(21-34-33(31)37)26-8-6-25(7-9-26)22-36-18-16-35(3)17-19-36/h4-15,20-21,38H,16-19,22H2,1-3H3. The van der Waals surface area contributed by atoms with Gasteiger partial charge in [-0.3, -0.25) is 8.87 Å². The van der Waals surface area contributed by atoms with Gasteiger partial charge in [-0.25, -0.2) is 4.98 Å². The lowest BCUT2D eigenvalue weighted by molar-refractivity contribution is 0.148. The summed E-state index contributed by atoms with van der Waals surface area (Å²) in [6.45, 7) is 9.76. The van der Waals surface area contributed by atoms with Crippen LogP contribution in [0.15, 0.2) is 90.0 Å². The number of nitrogens with zero attached hydrogens (tertiary/aromatic N) is 4. The molecule has 0 amide bonds. The topological polar surface area (TPSA) is 44.5 Å². The summed E-state index contributed by atoms with van der Waals surface area (Å²) in [6, 6.07) is 27.3. The first-order valence-electron chi connectivity index (χ1n) is 13.5. The number of phenols is 1. The number of rotatable bonds is 6. The summed E-state index contributed by atoms with van der Waals surface area (Å²) in [5.41, 5.74) is 9.15. The maximum absolute atomic E-state index is 9.91. The maximum atomic E-state index is 9.91. The minimum Gasteiger partial charge on any atom is -0.508 e. The monoisotopic (exact) mass is 534 g/mol. The molecule has 0 radical (unpaired) electrons. The lowest BCUT2D eigenvalue weighted by Crippen LogP contribution is -2.43. The van der Waals surface area contributed by atoms with E-state index in [9.17, 15) is 5.11 Å². The van der Waals surface area contributed by atoms with Gasteiger partial charge in [-0.1, -0.05) is 54.1 Å². The van der Waals surface area contributed by atoms with E-state index in [4.69, 9.17) is 4.98 Å². The molecule has 1 aliphatic rings. The molecule has 1 N–H and O–H groups in total. The Bertz CT molecular complexity index is 1580. The van der Waals surface area contributed by atoms with Crippen molar-refractivity contribution in [3.05, 3.63) is 102 Å². The minimum absolute atomic E-state index is 0.268. The summed E-state index contributed by atoms with van der Waals surface area (Å²) in [5, 5.41) is 11.0. The molecular formula is C33H34N4OS. The van der Waals surface area contributed by atoms with Crippen molar-refractivity contribution in [1.29, 1.82) is 0 Å². The van der Waals surface area contributed by atoms with Crippen LogP contribution in [0.3, 0.4) is 0 Å². The molecule has 1 saturated heterocycles. The van der Waals surface area contributed by atoms with Crippen LogP contribution in [0, 0.1) is 13.8 Å². The zero-order valence-electron chi connectivity index (χ0n) is 22.8. The van der Waals surface area contributed by atoms with E-state index in [-0.39, 0.29) is 5.75 Å². The van der Waals surface area contributed by atoms with Gasteiger partial charge in [0.2, 0.25) is 0 Å². The van der Waals surface area contributed by atoms with Crippen LogP contribution < -0.4 is 0 Å². The van der Waals surface area contributed by atoms with Crippen molar-refractivity contribution < 1.29 is 5.11 Å². The summed E-state index contributed by atoms with van der Waals surface area (Å²) in [4.78, 5) is 11.1. The van der Waals surface area contributed by atoms with Crippen molar-refractivity contribution in [3.8, 4) is 28.0 Å². The number of fused-ring (bicyclic) bond motifs is 1. The van der Waals surface area contributed by atoms with Gasteiger partial charge in [0.05, 0.1) is 0 Å². The molecule has 2 aromatic heterocycles. The third-order valence-electron chi connectivity index (χ3n) is 7.66. The summed E-state index contributed by atoms with van der Waals surface area (Å²) < 4.78 is 2.23. The summed E-state index contributed by atoms with van der Waals surface area (Å²) in [6.07, 6.45) is 1.99. The number of aryl methyl sites for hydroxylation is 1. The second kappa shape index (κ2) is 10.9. The Morgan fingerprint density at radius 3 is 2.15 bits per heavy atom. The molecule has 0 atom stereocenters. The summed E-state index contributed by atoms with van der Waals surface area (Å²) in [7, 11) is 2.20. The van der Waals surface area contributed by atoms with E-state index in [1.54, 1.807) is 24.1 Å². The SMILES string of the molecule is Cc1ccc(Sn2c(C)c(-c3ccc(O)cc3)c3cc(-c4ccc(CN5CCN(C)CC5)cc4)cnc32)cc1. The number of aromatic nitrogens is 2. The van der Waals surface area contributed by atoms with Crippen molar-refractivity contribution in [3.63, 3.8) is 0 Å². The van der Waals surface area contributed by atoms with Crippen LogP contribution in [0.4, 0.5) is 0 Å². The fourth-order valence-corrected chi connectivity index (χ4v) is 6.22. The molecule has 0 unspecified atom stereocenters. The first kappa shape index (κ1) is 25.7. The Kier molecular flexibility index (Phi) is 7.17. The Hall–Kier alpha value is -3.58. The quantitative estimate of drug-likeness (QED) is 0.254. The highest BCUT2D eigenvalue weighted by molar-refractivity contribution is 7.98. The van der Waals surface area contributed by atoms with Gasteiger partial charge < -0.3 is 10.0 Å². The first-order chi connectivity index (χ1) is 18.9. The Morgan fingerprint density at radius 2 is 1.46 bits per heavy atom. The molecule has 6 heteroatoms. The van der Waals surface area contributed by atoms with E-state index in [2.05, 4.69) is 89.3 Å². The molecular weight excluding hydrogens is 500 g/mol. The summed E-state index contributed by atoms with van der Waals surface area (Å²) in [5.74, 6) is 0.268. The smallest absolute Gasteiger partial charge is 0.151 e. The summed E-state index contributed by atoms with van der Waals surface area (Å²) >= 11 is 1.69. The molecule has 0 aliphatic carbocycles. The molecule has 6 rings (SSSR count). The van der Waals surface area contributed by atoms with E-state index in [0.29, 0.717) is 0 Å². The number of pyridine rings is 1. The van der Waals surface area contributed by atoms with E-state index < -0.39 is 0 Å². The average Bonchev–Trinajstić information content (AvgIpc) is 3.22. The number of likely N-dealkylation sites (N-methyl/N-ethyl adjacent to an activating group) is 1. The molecule has 3 heterocycles. The van der Waals surface area contributed by atoms with Gasteiger partial charge in [0.15, 0.2) is 5.65 Å². The molecule has 3 aromatic carbocycles. The van der Waals surface area contributed by atoms with Crippen LogP contribution in [0.1, 0.15) is 16.8 Å². The lowest BCUT2D eigenvalue weighted by atomic mass is 10.00. The number of phenolic OH excluding ortho intramolecular Hbond substituents is 1. The third-order valence-corrected chi connectivity index (χ3v) is 8.77. The van der Waals surface area contributed by atoms with Gasteiger partial charge in [0.1, 0.15) is 5.75 Å². The van der Waals surface area contributed by atoms with Crippen LogP contribution in [0.25, 0.3) is 33.3 Å². The maximum Gasteiger partial charge on any atom is 0.151 e. The van der Waals surface area contributed by atoms with Gasteiger partial charge in [-0.15, -0.1) is 0 Å².